The van der Waals surface area contributed by atoms with Gasteiger partial charge in [-0.2, -0.15) is 0 Å². The Hall–Kier alpha value is -1.04. The van der Waals surface area contributed by atoms with Crippen LogP contribution in [0.1, 0.15) is 0 Å². The lowest BCUT2D eigenvalue weighted by atomic mass is 9.97. The van der Waals surface area contributed by atoms with Crippen molar-refractivity contribution in [1.29, 1.82) is 0 Å². The Labute approximate surface area is 316 Å². The number of hydrogen-bond donors (Lipinski definition) is 17. The Morgan fingerprint density at radius 2 is 0.679 bits per heavy atom. The Morgan fingerprint density at radius 3 is 1.02 bits per heavy atom. The highest BCUT2D eigenvalue weighted by Crippen LogP contribution is 2.36. The van der Waals surface area contributed by atoms with Crippen molar-refractivity contribution in [2.45, 2.75) is 147 Å². The van der Waals surface area contributed by atoms with E-state index >= 15 is 0 Å². The molecule has 0 aromatic heterocycles. The van der Waals surface area contributed by atoms with E-state index in [9.17, 15) is 86.8 Å². The molecule has 5 rings (SSSR count). The number of aliphatic hydroxyl groups excluding tert-OH is 17. The third-order valence-electron chi connectivity index (χ3n) is 10.4. The predicted molar refractivity (Wildman–Crippen MR) is 167 cm³/mol. The van der Waals surface area contributed by atoms with Gasteiger partial charge in [0.15, 0.2) is 25.2 Å². The lowest BCUT2D eigenvalue weighted by Gasteiger charge is -2.45. The standard InChI is InChI=1S/C30H52O26/c31-1-7-12(34)17(39)21(43)26(51-7)48-3-9-13(35)18(40)22(44)27(52-9)49-4-10-14(36)19(41)23(45)28(53-10)50-5-11-15(37)20(42)24(46)29(54-11)56-30(6-33)25(47)16(38)8(2-32)55-30/h7-29,31-47H,1-6H2/t7-,8+,9+,10+,11+,12-,13+,14+,15+,16+,17+,18-,19-,20-,21-,22+,23+,24+,25-,26-,27+,28+,29-,30+/m0/s1. The summed E-state index contributed by atoms with van der Waals surface area (Å²) in [7, 11) is 0. The van der Waals surface area contributed by atoms with Crippen LogP contribution < -0.4 is 0 Å². The van der Waals surface area contributed by atoms with Crippen LogP contribution >= 0.6 is 0 Å². The van der Waals surface area contributed by atoms with E-state index in [4.69, 9.17) is 42.6 Å². The molecule has 5 heterocycles. The highest BCUT2D eigenvalue weighted by atomic mass is 16.8. The average molecular weight is 829 g/mol. The molecule has 17 N–H and O–H groups in total. The molecule has 0 aliphatic carbocycles. The summed E-state index contributed by atoms with van der Waals surface area (Å²) in [4.78, 5) is 0. The SMILES string of the molecule is OC[C@@H]1O[C@H](OC[C@H]2O[C@@H](OC[C@H]3O[C@@H](OC[C@H]4O[C@@H](O[C@@]5(CO)O[C@H](CO)[C@@H](O)[C@@H]5O)[C@H](O)[C@@H](O)[C@@H]4O)[C@H](O)[C@@H](O)[C@@H]3O)[C@H](O)[C@@H](O)[C@@H]2O)[C@@H](O)[C@H](O)[C@H]1O. The van der Waals surface area contributed by atoms with Crippen molar-refractivity contribution in [3.05, 3.63) is 0 Å². The van der Waals surface area contributed by atoms with E-state index in [-0.39, 0.29) is 0 Å². The normalized spacial score (nSPS) is 53.0. The van der Waals surface area contributed by atoms with E-state index < -0.39 is 187 Å². The van der Waals surface area contributed by atoms with Gasteiger partial charge in [-0.15, -0.1) is 0 Å². The molecule has 24 atom stereocenters. The summed E-state index contributed by atoms with van der Waals surface area (Å²) < 4.78 is 48.8. The van der Waals surface area contributed by atoms with Crippen molar-refractivity contribution in [1.82, 2.24) is 0 Å². The van der Waals surface area contributed by atoms with Crippen molar-refractivity contribution < 1.29 is 129 Å². The lowest BCUT2D eigenvalue weighted by molar-refractivity contribution is -0.388. The maximum absolute atomic E-state index is 10.6. The molecule has 5 aliphatic heterocycles. The molecule has 5 fully saturated rings. The molecule has 26 heteroatoms. The van der Waals surface area contributed by atoms with Gasteiger partial charge >= 0.3 is 0 Å². The van der Waals surface area contributed by atoms with E-state index in [1.807, 2.05) is 0 Å². The Balaban J connectivity index is 1.18. The van der Waals surface area contributed by atoms with Crippen LogP contribution in [0.4, 0.5) is 0 Å². The maximum Gasteiger partial charge on any atom is 0.224 e. The second kappa shape index (κ2) is 19.1. The van der Waals surface area contributed by atoms with E-state index in [1.54, 1.807) is 0 Å². The second-order valence-corrected chi connectivity index (χ2v) is 14.1. The molecule has 0 bridgehead atoms. The molecular formula is C30H52O26. The molecule has 0 aromatic rings. The van der Waals surface area contributed by atoms with Crippen molar-refractivity contribution in [3.8, 4) is 0 Å². The van der Waals surface area contributed by atoms with Crippen molar-refractivity contribution in [2.75, 3.05) is 39.6 Å². The highest BCUT2D eigenvalue weighted by molar-refractivity contribution is 4.99. The minimum Gasteiger partial charge on any atom is -0.394 e. The fourth-order valence-electron chi connectivity index (χ4n) is 6.78. The van der Waals surface area contributed by atoms with Crippen LogP contribution in [0.3, 0.4) is 0 Å². The Kier molecular flexibility index (Phi) is 15.7. The molecule has 328 valence electrons. The van der Waals surface area contributed by atoms with Crippen LogP contribution in [0.2, 0.25) is 0 Å². The van der Waals surface area contributed by atoms with Crippen LogP contribution in [0.5, 0.6) is 0 Å². The van der Waals surface area contributed by atoms with Crippen molar-refractivity contribution >= 4 is 0 Å². The van der Waals surface area contributed by atoms with Crippen LogP contribution in [-0.4, -0.2) is 273 Å². The topological polar surface area (TPSA) is 427 Å². The summed E-state index contributed by atoms with van der Waals surface area (Å²) in [5, 5.41) is 174. The maximum atomic E-state index is 10.6. The fourth-order valence-corrected chi connectivity index (χ4v) is 6.78. The largest absolute Gasteiger partial charge is 0.394 e. The summed E-state index contributed by atoms with van der Waals surface area (Å²) in [6.45, 7) is -4.94. The van der Waals surface area contributed by atoms with Gasteiger partial charge in [0.05, 0.1) is 33.0 Å². The quantitative estimate of drug-likeness (QED) is 0.0773. The summed E-state index contributed by atoms with van der Waals surface area (Å²) in [6, 6.07) is 0. The number of ether oxygens (including phenoxy) is 9. The summed E-state index contributed by atoms with van der Waals surface area (Å²) in [5.74, 6) is -2.47. The Morgan fingerprint density at radius 1 is 0.357 bits per heavy atom. The molecule has 0 aromatic carbocycles. The van der Waals surface area contributed by atoms with Gasteiger partial charge in [-0.3, -0.25) is 0 Å². The molecule has 56 heavy (non-hydrogen) atoms. The zero-order chi connectivity index (χ0) is 41.4. The number of rotatable bonds is 14. The van der Waals surface area contributed by atoms with Crippen molar-refractivity contribution in [2.24, 2.45) is 0 Å². The van der Waals surface area contributed by atoms with Crippen molar-refractivity contribution in [3.63, 3.8) is 0 Å². The molecule has 0 saturated carbocycles. The van der Waals surface area contributed by atoms with Gasteiger partial charge in [0, 0.05) is 0 Å². The lowest BCUT2D eigenvalue weighted by Crippen LogP contribution is -2.64. The number of aliphatic hydroxyl groups is 17. The minimum atomic E-state index is -2.47. The summed E-state index contributed by atoms with van der Waals surface area (Å²) in [6.07, 6.45) is -41.3. The zero-order valence-electron chi connectivity index (χ0n) is 29.3. The van der Waals surface area contributed by atoms with E-state index in [0.717, 1.165) is 0 Å². The molecule has 5 aliphatic rings. The zero-order valence-corrected chi connectivity index (χ0v) is 29.3. The predicted octanol–water partition coefficient (Wildman–Crippen LogP) is -11.9. The van der Waals surface area contributed by atoms with Crippen LogP contribution in [-0.2, 0) is 42.6 Å². The van der Waals surface area contributed by atoms with Gasteiger partial charge in [-0.25, -0.2) is 0 Å². The van der Waals surface area contributed by atoms with E-state index in [0.29, 0.717) is 0 Å². The first-order chi connectivity index (χ1) is 26.4. The van der Waals surface area contributed by atoms with Crippen LogP contribution in [0.25, 0.3) is 0 Å². The third-order valence-corrected chi connectivity index (χ3v) is 10.4. The van der Waals surface area contributed by atoms with Gasteiger partial charge in [-0.1, -0.05) is 0 Å². The van der Waals surface area contributed by atoms with Crippen LogP contribution in [0, 0.1) is 0 Å². The van der Waals surface area contributed by atoms with E-state index in [1.165, 1.54) is 0 Å². The number of hydrogen-bond acceptors (Lipinski definition) is 26. The van der Waals surface area contributed by atoms with Gasteiger partial charge in [0.25, 0.3) is 0 Å². The first-order valence-corrected chi connectivity index (χ1v) is 17.6. The monoisotopic (exact) mass is 828 g/mol. The highest BCUT2D eigenvalue weighted by Gasteiger charge is 2.59. The second-order valence-electron chi connectivity index (χ2n) is 14.1. The van der Waals surface area contributed by atoms with Crippen LogP contribution in [0.15, 0.2) is 0 Å². The minimum absolute atomic E-state index is 0.677. The van der Waals surface area contributed by atoms with Gasteiger partial charge in [0.1, 0.15) is 123 Å². The summed E-state index contributed by atoms with van der Waals surface area (Å²) >= 11 is 0. The third kappa shape index (κ3) is 9.16. The molecule has 5 saturated heterocycles. The fraction of sp³-hybridized carbons (Fsp3) is 1.00. The average Bonchev–Trinajstić information content (AvgIpc) is 3.43. The molecule has 0 spiro atoms. The molecule has 0 amide bonds. The molecule has 26 nitrogen and oxygen atoms in total. The first-order valence-electron chi connectivity index (χ1n) is 17.6. The first kappa shape index (κ1) is 46.0. The summed E-state index contributed by atoms with van der Waals surface area (Å²) in [5.41, 5.74) is 0. The Bertz CT molecular complexity index is 1220. The molecular weight excluding hydrogens is 776 g/mol. The van der Waals surface area contributed by atoms with Gasteiger partial charge in [0.2, 0.25) is 5.79 Å². The van der Waals surface area contributed by atoms with Gasteiger partial charge < -0.3 is 129 Å². The van der Waals surface area contributed by atoms with E-state index in [2.05, 4.69) is 0 Å². The molecule has 0 radical (unpaired) electrons. The van der Waals surface area contributed by atoms with Gasteiger partial charge in [-0.05, 0) is 0 Å². The molecule has 0 unspecified atom stereocenters. The smallest absolute Gasteiger partial charge is 0.224 e.